The Morgan fingerprint density at radius 2 is 2.19 bits per heavy atom. The summed E-state index contributed by atoms with van der Waals surface area (Å²) in [7, 11) is 1.54. The maximum absolute atomic E-state index is 10.5. The van der Waals surface area contributed by atoms with Crippen molar-refractivity contribution < 1.29 is 19.4 Å². The van der Waals surface area contributed by atoms with Crippen LogP contribution in [0.1, 0.15) is 11.1 Å². The number of carboxylic acid groups (broad SMARTS) is 1. The summed E-state index contributed by atoms with van der Waals surface area (Å²) in [6.45, 7) is 0.383. The Kier molecular flexibility index (Phi) is 4.93. The van der Waals surface area contributed by atoms with Gasteiger partial charge < -0.3 is 14.6 Å². The van der Waals surface area contributed by atoms with Crippen LogP contribution >= 0.6 is 0 Å². The van der Waals surface area contributed by atoms with E-state index in [4.69, 9.17) is 14.6 Å². The Morgan fingerprint density at radius 1 is 1.33 bits per heavy atom. The molecule has 2 rings (SSSR count). The number of aromatic nitrogens is 1. The number of carbonyl (C=O) groups is 1. The number of aliphatic carboxylic acids is 1. The molecular formula is C16H15NO4. The first-order valence-electron chi connectivity index (χ1n) is 6.30. The van der Waals surface area contributed by atoms with Crippen LogP contribution < -0.4 is 9.47 Å². The number of benzene rings is 1. The van der Waals surface area contributed by atoms with Gasteiger partial charge in [0.1, 0.15) is 6.61 Å². The molecule has 5 heteroatoms. The van der Waals surface area contributed by atoms with E-state index in [9.17, 15) is 4.79 Å². The average molecular weight is 285 g/mol. The summed E-state index contributed by atoms with van der Waals surface area (Å²) in [5.74, 6) is 0.145. The summed E-state index contributed by atoms with van der Waals surface area (Å²) in [6, 6.07) is 8.99. The number of hydrogen-bond donors (Lipinski definition) is 1. The van der Waals surface area contributed by atoms with Gasteiger partial charge in [-0.15, -0.1) is 0 Å². The number of rotatable bonds is 6. The highest BCUT2D eigenvalue weighted by atomic mass is 16.5. The third-order valence-electron chi connectivity index (χ3n) is 2.72. The fraction of sp³-hybridized carbons (Fsp3) is 0.125. The van der Waals surface area contributed by atoms with Crippen molar-refractivity contribution in [2.75, 3.05) is 7.11 Å². The maximum atomic E-state index is 10.5. The standard InChI is InChI=1S/C16H15NO4/c1-20-15-9-12(5-7-16(18)19)4-6-14(15)21-11-13-3-2-8-17-10-13/h2-10H,11H2,1H3,(H,18,19)/b7-5+. The zero-order valence-corrected chi connectivity index (χ0v) is 11.5. The van der Waals surface area contributed by atoms with Gasteiger partial charge in [-0.25, -0.2) is 4.79 Å². The van der Waals surface area contributed by atoms with Gasteiger partial charge in [0.25, 0.3) is 0 Å². The summed E-state index contributed by atoms with van der Waals surface area (Å²) in [5, 5.41) is 8.62. The van der Waals surface area contributed by atoms with E-state index in [0.717, 1.165) is 17.2 Å². The minimum Gasteiger partial charge on any atom is -0.493 e. The SMILES string of the molecule is COc1cc(/C=C/C(=O)O)ccc1OCc1cccnc1. The lowest BCUT2D eigenvalue weighted by molar-refractivity contribution is -0.131. The second-order valence-corrected chi connectivity index (χ2v) is 4.23. The predicted molar refractivity (Wildman–Crippen MR) is 78.2 cm³/mol. The first-order valence-corrected chi connectivity index (χ1v) is 6.30. The third-order valence-corrected chi connectivity index (χ3v) is 2.72. The van der Waals surface area contributed by atoms with Crippen molar-refractivity contribution in [1.82, 2.24) is 4.98 Å². The molecule has 0 saturated heterocycles. The summed E-state index contributed by atoms with van der Waals surface area (Å²) in [4.78, 5) is 14.5. The average Bonchev–Trinajstić information content (AvgIpc) is 2.52. The Morgan fingerprint density at radius 3 is 2.86 bits per heavy atom. The molecule has 0 saturated carbocycles. The van der Waals surface area contributed by atoms with E-state index in [1.807, 2.05) is 12.1 Å². The van der Waals surface area contributed by atoms with E-state index in [1.165, 1.54) is 13.2 Å². The van der Waals surface area contributed by atoms with E-state index < -0.39 is 5.97 Å². The molecule has 5 nitrogen and oxygen atoms in total. The molecule has 0 aliphatic rings. The van der Waals surface area contributed by atoms with Crippen LogP contribution in [-0.4, -0.2) is 23.2 Å². The van der Waals surface area contributed by atoms with Crippen LogP contribution in [0, 0.1) is 0 Å². The minimum atomic E-state index is -0.995. The molecule has 1 aromatic heterocycles. The largest absolute Gasteiger partial charge is 0.493 e. The van der Waals surface area contributed by atoms with Crippen LogP contribution in [0.25, 0.3) is 6.08 Å². The molecule has 0 amide bonds. The Labute approximate surface area is 122 Å². The van der Waals surface area contributed by atoms with Crippen molar-refractivity contribution in [1.29, 1.82) is 0 Å². The van der Waals surface area contributed by atoms with Crippen LogP contribution in [0.5, 0.6) is 11.5 Å². The zero-order chi connectivity index (χ0) is 15.1. The lowest BCUT2D eigenvalue weighted by Gasteiger charge is -2.11. The Balaban J connectivity index is 2.11. The summed E-state index contributed by atoms with van der Waals surface area (Å²) < 4.78 is 10.9. The minimum absolute atomic E-state index is 0.383. The predicted octanol–water partition coefficient (Wildman–Crippen LogP) is 2.77. The number of hydrogen-bond acceptors (Lipinski definition) is 4. The van der Waals surface area contributed by atoms with Gasteiger partial charge >= 0.3 is 5.97 Å². The number of pyridine rings is 1. The fourth-order valence-electron chi connectivity index (χ4n) is 1.72. The van der Waals surface area contributed by atoms with Crippen molar-refractivity contribution in [3.63, 3.8) is 0 Å². The van der Waals surface area contributed by atoms with E-state index in [2.05, 4.69) is 4.98 Å². The van der Waals surface area contributed by atoms with E-state index in [1.54, 1.807) is 30.6 Å². The number of nitrogens with zero attached hydrogens (tertiary/aromatic N) is 1. The summed E-state index contributed by atoms with van der Waals surface area (Å²) in [5.41, 5.74) is 1.68. The number of ether oxygens (including phenoxy) is 2. The first kappa shape index (κ1) is 14.6. The first-order chi connectivity index (χ1) is 10.2. The highest BCUT2D eigenvalue weighted by Crippen LogP contribution is 2.29. The molecule has 0 aliphatic carbocycles. The van der Waals surface area contributed by atoms with Crippen LogP contribution in [0.2, 0.25) is 0 Å². The van der Waals surface area contributed by atoms with Crippen LogP contribution in [-0.2, 0) is 11.4 Å². The van der Waals surface area contributed by atoms with Crippen LogP contribution in [0.4, 0.5) is 0 Å². The van der Waals surface area contributed by atoms with Crippen molar-refractivity contribution in [2.45, 2.75) is 6.61 Å². The van der Waals surface area contributed by atoms with Gasteiger partial charge in [-0.3, -0.25) is 4.98 Å². The summed E-state index contributed by atoms with van der Waals surface area (Å²) >= 11 is 0. The second-order valence-electron chi connectivity index (χ2n) is 4.23. The fourth-order valence-corrected chi connectivity index (χ4v) is 1.72. The molecule has 21 heavy (non-hydrogen) atoms. The summed E-state index contributed by atoms with van der Waals surface area (Å²) in [6.07, 6.45) is 6.00. The topological polar surface area (TPSA) is 68.7 Å². The Bertz CT molecular complexity index is 638. The molecule has 0 fully saturated rings. The molecule has 0 unspecified atom stereocenters. The Hall–Kier alpha value is -2.82. The number of carboxylic acids is 1. The van der Waals surface area contributed by atoms with Crippen molar-refractivity contribution in [3.05, 3.63) is 59.9 Å². The molecule has 1 aromatic carbocycles. The van der Waals surface area contributed by atoms with Gasteiger partial charge in [0.2, 0.25) is 0 Å². The molecule has 2 aromatic rings. The number of methoxy groups -OCH3 is 1. The molecular weight excluding hydrogens is 270 g/mol. The molecule has 0 aliphatic heterocycles. The van der Waals surface area contributed by atoms with Gasteiger partial charge in [-0.1, -0.05) is 12.1 Å². The van der Waals surface area contributed by atoms with Gasteiger partial charge in [-0.2, -0.15) is 0 Å². The normalized spacial score (nSPS) is 10.5. The molecule has 0 atom stereocenters. The van der Waals surface area contributed by atoms with Crippen LogP contribution in [0.15, 0.2) is 48.8 Å². The van der Waals surface area contributed by atoms with E-state index >= 15 is 0 Å². The second kappa shape index (κ2) is 7.09. The highest BCUT2D eigenvalue weighted by molar-refractivity contribution is 5.85. The van der Waals surface area contributed by atoms with Gasteiger partial charge in [0, 0.05) is 24.0 Å². The van der Waals surface area contributed by atoms with Gasteiger partial charge in [-0.05, 0) is 29.8 Å². The molecule has 1 N–H and O–H groups in total. The highest BCUT2D eigenvalue weighted by Gasteiger charge is 2.05. The lowest BCUT2D eigenvalue weighted by atomic mass is 10.2. The lowest BCUT2D eigenvalue weighted by Crippen LogP contribution is -1.98. The van der Waals surface area contributed by atoms with Crippen molar-refractivity contribution in [2.24, 2.45) is 0 Å². The molecule has 1 heterocycles. The van der Waals surface area contributed by atoms with Crippen LogP contribution in [0.3, 0.4) is 0 Å². The zero-order valence-electron chi connectivity index (χ0n) is 11.5. The quantitative estimate of drug-likeness (QED) is 0.826. The smallest absolute Gasteiger partial charge is 0.328 e. The maximum Gasteiger partial charge on any atom is 0.328 e. The van der Waals surface area contributed by atoms with Crippen molar-refractivity contribution >= 4 is 12.0 Å². The van der Waals surface area contributed by atoms with Crippen molar-refractivity contribution in [3.8, 4) is 11.5 Å². The third kappa shape index (κ3) is 4.35. The van der Waals surface area contributed by atoms with E-state index in [0.29, 0.717) is 18.1 Å². The monoisotopic (exact) mass is 285 g/mol. The van der Waals surface area contributed by atoms with Gasteiger partial charge in [0.15, 0.2) is 11.5 Å². The molecule has 108 valence electrons. The van der Waals surface area contributed by atoms with E-state index in [-0.39, 0.29) is 0 Å². The van der Waals surface area contributed by atoms with Gasteiger partial charge in [0.05, 0.1) is 7.11 Å². The molecule has 0 radical (unpaired) electrons. The molecule has 0 bridgehead atoms. The molecule has 0 spiro atoms.